The zero-order valence-corrected chi connectivity index (χ0v) is 12.0. The molecule has 5 nitrogen and oxygen atoms in total. The van der Waals surface area contributed by atoms with E-state index in [4.69, 9.17) is 4.74 Å². The lowest BCUT2D eigenvalue weighted by molar-refractivity contribution is -0.142. The average Bonchev–Trinajstić information content (AvgIpc) is 2.27. The van der Waals surface area contributed by atoms with Crippen molar-refractivity contribution in [3.8, 4) is 0 Å². The van der Waals surface area contributed by atoms with Gasteiger partial charge < -0.3 is 14.5 Å². The van der Waals surface area contributed by atoms with Crippen molar-refractivity contribution in [3.05, 3.63) is 0 Å². The second-order valence-corrected chi connectivity index (χ2v) is 5.29. The molecule has 104 valence electrons. The van der Waals surface area contributed by atoms with Crippen molar-refractivity contribution in [2.24, 2.45) is 0 Å². The molecule has 0 N–H and O–H groups in total. The van der Waals surface area contributed by atoms with Crippen LogP contribution < -0.4 is 0 Å². The van der Waals surface area contributed by atoms with Gasteiger partial charge in [0.1, 0.15) is 0 Å². The molecule has 5 heteroatoms. The molecular weight excluding hydrogens is 232 g/mol. The highest BCUT2D eigenvalue weighted by molar-refractivity contribution is 5.78. The number of carbonyl (C=O) groups is 2. The Morgan fingerprint density at radius 2 is 1.94 bits per heavy atom. The fraction of sp³-hybridized carbons (Fsp3) is 0.846. The van der Waals surface area contributed by atoms with Crippen LogP contribution in [0.15, 0.2) is 0 Å². The fourth-order valence-electron chi connectivity index (χ4n) is 2.43. The smallest absolute Gasteiger partial charge is 0.320 e. The SMILES string of the molecule is COC(=O)CC1CCN(C(C)C)C(=O)N1C(C)C. The number of urea groups is 1. The zero-order valence-electron chi connectivity index (χ0n) is 12.0. The minimum Gasteiger partial charge on any atom is -0.469 e. The molecule has 1 unspecified atom stereocenters. The van der Waals surface area contributed by atoms with Crippen molar-refractivity contribution in [2.45, 2.75) is 58.7 Å². The summed E-state index contributed by atoms with van der Waals surface area (Å²) in [5.74, 6) is -0.253. The molecule has 1 aliphatic rings. The molecule has 1 aliphatic heterocycles. The van der Waals surface area contributed by atoms with E-state index in [0.717, 1.165) is 6.42 Å². The maximum Gasteiger partial charge on any atom is 0.320 e. The normalized spacial score (nSPS) is 20.8. The Morgan fingerprint density at radius 1 is 1.33 bits per heavy atom. The molecule has 18 heavy (non-hydrogen) atoms. The highest BCUT2D eigenvalue weighted by Gasteiger charge is 2.36. The molecule has 1 heterocycles. The number of ether oxygens (including phenoxy) is 1. The molecular formula is C13H24N2O3. The molecule has 0 aliphatic carbocycles. The van der Waals surface area contributed by atoms with Gasteiger partial charge in [-0.05, 0) is 34.1 Å². The molecule has 1 atom stereocenters. The first-order valence-electron chi connectivity index (χ1n) is 6.54. The minimum absolute atomic E-state index is 0.0279. The topological polar surface area (TPSA) is 49.9 Å². The Hall–Kier alpha value is -1.26. The average molecular weight is 256 g/mol. The molecule has 1 saturated heterocycles. The van der Waals surface area contributed by atoms with E-state index < -0.39 is 0 Å². The van der Waals surface area contributed by atoms with Gasteiger partial charge in [0.15, 0.2) is 0 Å². The lowest BCUT2D eigenvalue weighted by atomic mass is 10.0. The summed E-state index contributed by atoms with van der Waals surface area (Å²) in [7, 11) is 1.38. The van der Waals surface area contributed by atoms with Gasteiger partial charge in [-0.3, -0.25) is 4.79 Å². The highest BCUT2D eigenvalue weighted by atomic mass is 16.5. The maximum absolute atomic E-state index is 12.4. The molecule has 0 spiro atoms. The van der Waals surface area contributed by atoms with Gasteiger partial charge in [0.05, 0.1) is 13.5 Å². The van der Waals surface area contributed by atoms with Crippen LogP contribution in [0.3, 0.4) is 0 Å². The van der Waals surface area contributed by atoms with Crippen LogP contribution >= 0.6 is 0 Å². The standard InChI is InChI=1S/C13H24N2O3/c1-9(2)14-7-6-11(8-12(16)18-5)15(10(3)4)13(14)17/h9-11H,6-8H2,1-5H3. The van der Waals surface area contributed by atoms with Crippen LogP contribution in [0.2, 0.25) is 0 Å². The van der Waals surface area contributed by atoms with E-state index in [0.29, 0.717) is 6.54 Å². The van der Waals surface area contributed by atoms with Crippen molar-refractivity contribution in [2.75, 3.05) is 13.7 Å². The van der Waals surface area contributed by atoms with Gasteiger partial charge in [0.2, 0.25) is 0 Å². The van der Waals surface area contributed by atoms with Gasteiger partial charge in [0.25, 0.3) is 0 Å². The van der Waals surface area contributed by atoms with Gasteiger partial charge in [0, 0.05) is 24.7 Å². The summed E-state index contributed by atoms with van der Waals surface area (Å²) in [6.07, 6.45) is 1.10. The number of methoxy groups -OCH3 is 1. The summed E-state index contributed by atoms with van der Waals surface area (Å²) in [4.78, 5) is 27.4. The van der Waals surface area contributed by atoms with E-state index in [1.54, 1.807) is 4.90 Å². The van der Waals surface area contributed by atoms with E-state index in [1.807, 2.05) is 32.6 Å². The van der Waals surface area contributed by atoms with Crippen molar-refractivity contribution in [1.82, 2.24) is 9.80 Å². The van der Waals surface area contributed by atoms with Crippen molar-refractivity contribution < 1.29 is 14.3 Å². The molecule has 0 bridgehead atoms. The summed E-state index contributed by atoms with van der Waals surface area (Å²) in [5, 5.41) is 0. The largest absolute Gasteiger partial charge is 0.469 e. The van der Waals surface area contributed by atoms with Crippen LogP contribution in [-0.2, 0) is 9.53 Å². The van der Waals surface area contributed by atoms with Crippen LogP contribution in [0.25, 0.3) is 0 Å². The number of amides is 2. The second kappa shape index (κ2) is 6.07. The Kier molecular flexibility index (Phi) is 4.99. The van der Waals surface area contributed by atoms with Gasteiger partial charge in [-0.15, -0.1) is 0 Å². The van der Waals surface area contributed by atoms with Crippen molar-refractivity contribution in [1.29, 1.82) is 0 Å². The Bertz CT molecular complexity index is 315. The second-order valence-electron chi connectivity index (χ2n) is 5.29. The Morgan fingerprint density at radius 3 is 2.39 bits per heavy atom. The number of rotatable bonds is 4. The fourth-order valence-corrected chi connectivity index (χ4v) is 2.43. The summed E-state index contributed by atoms with van der Waals surface area (Å²) in [6.45, 7) is 8.69. The summed E-state index contributed by atoms with van der Waals surface area (Å²) in [5.41, 5.74) is 0. The van der Waals surface area contributed by atoms with Gasteiger partial charge in [-0.25, -0.2) is 4.79 Å². The number of hydrogen-bond acceptors (Lipinski definition) is 3. The molecule has 0 aromatic rings. The van der Waals surface area contributed by atoms with E-state index in [9.17, 15) is 9.59 Å². The third kappa shape index (κ3) is 3.15. The Labute approximate surface area is 109 Å². The van der Waals surface area contributed by atoms with Gasteiger partial charge in [-0.2, -0.15) is 0 Å². The molecule has 0 aromatic heterocycles. The lowest BCUT2D eigenvalue weighted by Crippen LogP contribution is -2.58. The number of esters is 1. The van der Waals surface area contributed by atoms with E-state index >= 15 is 0 Å². The van der Waals surface area contributed by atoms with E-state index in [-0.39, 0.29) is 36.5 Å². The number of nitrogens with zero attached hydrogens (tertiary/aromatic N) is 2. The molecule has 0 saturated carbocycles. The maximum atomic E-state index is 12.4. The van der Waals surface area contributed by atoms with Crippen LogP contribution in [-0.4, -0.2) is 53.6 Å². The highest BCUT2D eigenvalue weighted by Crippen LogP contribution is 2.23. The molecule has 1 rings (SSSR count). The summed E-state index contributed by atoms with van der Waals surface area (Å²) in [6, 6.07) is 0.270. The lowest BCUT2D eigenvalue weighted by Gasteiger charge is -2.45. The van der Waals surface area contributed by atoms with E-state index in [1.165, 1.54) is 7.11 Å². The summed E-state index contributed by atoms with van der Waals surface area (Å²) >= 11 is 0. The van der Waals surface area contributed by atoms with Gasteiger partial charge >= 0.3 is 12.0 Å². The van der Waals surface area contributed by atoms with Crippen LogP contribution in [0.1, 0.15) is 40.5 Å². The van der Waals surface area contributed by atoms with Crippen LogP contribution in [0.4, 0.5) is 4.79 Å². The molecule has 2 amide bonds. The monoisotopic (exact) mass is 256 g/mol. The van der Waals surface area contributed by atoms with Gasteiger partial charge in [-0.1, -0.05) is 0 Å². The third-order valence-electron chi connectivity index (χ3n) is 3.37. The molecule has 0 aromatic carbocycles. The number of carbonyl (C=O) groups excluding carboxylic acids is 2. The first-order valence-corrected chi connectivity index (χ1v) is 6.54. The van der Waals surface area contributed by atoms with E-state index in [2.05, 4.69) is 0 Å². The summed E-state index contributed by atoms with van der Waals surface area (Å²) < 4.78 is 4.70. The number of hydrogen-bond donors (Lipinski definition) is 0. The predicted octanol–water partition coefficient (Wildman–Crippen LogP) is 1.86. The molecule has 0 radical (unpaired) electrons. The molecule has 1 fully saturated rings. The van der Waals surface area contributed by atoms with Crippen LogP contribution in [0.5, 0.6) is 0 Å². The minimum atomic E-state index is -0.253. The first-order chi connectivity index (χ1) is 8.38. The Balaban J connectivity index is 2.82. The third-order valence-corrected chi connectivity index (χ3v) is 3.37. The quantitative estimate of drug-likeness (QED) is 0.721. The van der Waals surface area contributed by atoms with Crippen LogP contribution in [0, 0.1) is 0 Å². The first kappa shape index (κ1) is 14.8. The van der Waals surface area contributed by atoms with Crippen molar-refractivity contribution >= 4 is 12.0 Å². The van der Waals surface area contributed by atoms with Crippen molar-refractivity contribution in [3.63, 3.8) is 0 Å². The zero-order chi connectivity index (χ0) is 13.9. The predicted molar refractivity (Wildman–Crippen MR) is 69.3 cm³/mol.